The van der Waals surface area contributed by atoms with E-state index in [0.29, 0.717) is 12.6 Å². The van der Waals surface area contributed by atoms with Crippen LogP contribution in [0.4, 0.5) is 5.69 Å². The van der Waals surface area contributed by atoms with Crippen molar-refractivity contribution >= 4 is 35.6 Å². The van der Waals surface area contributed by atoms with E-state index in [1.807, 2.05) is 18.2 Å². The van der Waals surface area contributed by atoms with Gasteiger partial charge in [0.05, 0.1) is 12.2 Å². The molecule has 28 heavy (non-hydrogen) atoms. The maximum Gasteiger partial charge on any atom is 0.191 e. The molecule has 3 rings (SSSR count). The lowest BCUT2D eigenvalue weighted by atomic mass is 9.94. The molecule has 1 aromatic heterocycles. The molecule has 2 aromatic rings. The average molecular weight is 493 g/mol. The van der Waals surface area contributed by atoms with E-state index in [-0.39, 0.29) is 24.0 Å². The Kier molecular flexibility index (Phi) is 9.54. The third-order valence-electron chi connectivity index (χ3n) is 5.31. The van der Waals surface area contributed by atoms with E-state index in [0.717, 1.165) is 18.2 Å². The van der Waals surface area contributed by atoms with Gasteiger partial charge in [-0.1, -0.05) is 37.5 Å². The maximum absolute atomic E-state index is 4.32. The molecule has 1 saturated carbocycles. The van der Waals surface area contributed by atoms with Crippen molar-refractivity contribution in [1.82, 2.24) is 15.6 Å². The number of hydrogen-bond donors (Lipinski definition) is 2. The summed E-state index contributed by atoms with van der Waals surface area (Å²) in [7, 11) is 4.02. The number of hydrogen-bond acceptors (Lipinski definition) is 3. The quantitative estimate of drug-likeness (QED) is 0.357. The first kappa shape index (κ1) is 22.5. The van der Waals surface area contributed by atoms with Crippen LogP contribution in [0.1, 0.15) is 43.4 Å². The first-order valence-electron chi connectivity index (χ1n) is 9.92. The molecule has 1 fully saturated rings. The van der Waals surface area contributed by atoms with Crippen LogP contribution < -0.4 is 15.5 Å². The molecule has 0 radical (unpaired) electrons. The number of nitrogens with zero attached hydrogens (tertiary/aromatic N) is 3. The van der Waals surface area contributed by atoms with E-state index < -0.39 is 0 Å². The van der Waals surface area contributed by atoms with Gasteiger partial charge in [-0.3, -0.25) is 9.98 Å². The molecular weight excluding hydrogens is 461 g/mol. The molecule has 1 heterocycles. The fraction of sp³-hybridized carbons (Fsp3) is 0.455. The Bertz CT molecular complexity index is 711. The molecule has 0 aliphatic heterocycles. The number of aliphatic imine (C=N–C) groups is 1. The van der Waals surface area contributed by atoms with Crippen molar-refractivity contribution in [2.75, 3.05) is 19.0 Å². The lowest BCUT2D eigenvalue weighted by Gasteiger charge is -2.33. The number of pyridine rings is 1. The van der Waals surface area contributed by atoms with Crippen molar-refractivity contribution in [3.63, 3.8) is 0 Å². The Hall–Kier alpha value is -1.83. The lowest BCUT2D eigenvalue weighted by Crippen LogP contribution is -2.36. The van der Waals surface area contributed by atoms with Gasteiger partial charge in [-0.15, -0.1) is 24.0 Å². The van der Waals surface area contributed by atoms with Gasteiger partial charge in [0.25, 0.3) is 0 Å². The number of guanidine groups is 1. The Morgan fingerprint density at radius 3 is 2.39 bits per heavy atom. The maximum atomic E-state index is 4.32. The van der Waals surface area contributed by atoms with Crippen LogP contribution in [0.2, 0.25) is 0 Å². The van der Waals surface area contributed by atoms with E-state index in [4.69, 9.17) is 0 Å². The van der Waals surface area contributed by atoms with Gasteiger partial charge < -0.3 is 15.5 Å². The fourth-order valence-electron chi connectivity index (χ4n) is 3.61. The summed E-state index contributed by atoms with van der Waals surface area (Å²) in [5.74, 6) is 0.782. The van der Waals surface area contributed by atoms with Gasteiger partial charge in [-0.05, 0) is 42.7 Å². The third kappa shape index (κ3) is 6.65. The molecule has 0 atom stereocenters. The smallest absolute Gasteiger partial charge is 0.191 e. The second-order valence-corrected chi connectivity index (χ2v) is 7.17. The normalized spacial score (nSPS) is 14.9. The second-order valence-electron chi connectivity index (χ2n) is 7.17. The van der Waals surface area contributed by atoms with Crippen molar-refractivity contribution < 1.29 is 0 Å². The first-order chi connectivity index (χ1) is 13.3. The summed E-state index contributed by atoms with van der Waals surface area (Å²) in [4.78, 5) is 11.0. The molecule has 0 saturated heterocycles. The molecule has 0 amide bonds. The van der Waals surface area contributed by atoms with Gasteiger partial charge in [0.2, 0.25) is 0 Å². The first-order valence-corrected chi connectivity index (χ1v) is 9.92. The van der Waals surface area contributed by atoms with Gasteiger partial charge in [0, 0.05) is 38.6 Å². The molecule has 1 aliphatic rings. The lowest BCUT2D eigenvalue weighted by molar-refractivity contribution is 0.427. The van der Waals surface area contributed by atoms with Crippen molar-refractivity contribution in [3.05, 3.63) is 59.9 Å². The van der Waals surface area contributed by atoms with E-state index in [1.54, 1.807) is 13.2 Å². The summed E-state index contributed by atoms with van der Waals surface area (Å²) >= 11 is 0. The summed E-state index contributed by atoms with van der Waals surface area (Å²) in [5.41, 5.74) is 3.55. The zero-order valence-electron chi connectivity index (χ0n) is 16.9. The van der Waals surface area contributed by atoms with Crippen molar-refractivity contribution in [1.29, 1.82) is 0 Å². The topological polar surface area (TPSA) is 52.6 Å². The Morgan fingerprint density at radius 1 is 1.04 bits per heavy atom. The number of nitrogens with one attached hydrogen (secondary N) is 2. The summed E-state index contributed by atoms with van der Waals surface area (Å²) in [5, 5.41) is 6.66. The molecule has 6 heteroatoms. The summed E-state index contributed by atoms with van der Waals surface area (Å²) in [6.07, 6.45) is 8.56. The van der Waals surface area contributed by atoms with E-state index >= 15 is 0 Å². The predicted molar refractivity (Wildman–Crippen MR) is 128 cm³/mol. The summed E-state index contributed by atoms with van der Waals surface area (Å²) in [6.45, 7) is 1.40. The van der Waals surface area contributed by atoms with E-state index in [9.17, 15) is 0 Å². The van der Waals surface area contributed by atoms with Crippen LogP contribution in [0.25, 0.3) is 0 Å². The minimum atomic E-state index is 0. The van der Waals surface area contributed by atoms with Crippen LogP contribution in [0, 0.1) is 0 Å². The van der Waals surface area contributed by atoms with E-state index in [2.05, 4.69) is 56.8 Å². The van der Waals surface area contributed by atoms with Crippen molar-refractivity contribution in [2.45, 2.75) is 51.2 Å². The predicted octanol–water partition coefficient (Wildman–Crippen LogP) is 4.33. The van der Waals surface area contributed by atoms with Crippen LogP contribution in [0.15, 0.2) is 53.7 Å². The number of anilines is 1. The molecule has 1 aliphatic carbocycles. The van der Waals surface area contributed by atoms with Crippen LogP contribution in [0.5, 0.6) is 0 Å². The Labute approximate surface area is 186 Å². The minimum Gasteiger partial charge on any atom is -0.372 e. The average Bonchev–Trinajstić information content (AvgIpc) is 2.75. The minimum absolute atomic E-state index is 0. The Morgan fingerprint density at radius 2 is 1.75 bits per heavy atom. The summed E-state index contributed by atoms with van der Waals surface area (Å²) in [6, 6.07) is 15.5. The highest BCUT2D eigenvalue weighted by atomic mass is 127. The van der Waals surface area contributed by atoms with Crippen LogP contribution >= 0.6 is 24.0 Å². The van der Waals surface area contributed by atoms with Gasteiger partial charge >= 0.3 is 0 Å². The highest BCUT2D eigenvalue weighted by Crippen LogP contribution is 2.26. The third-order valence-corrected chi connectivity index (χ3v) is 5.31. The monoisotopic (exact) mass is 493 g/mol. The molecular formula is C22H32IN5. The van der Waals surface area contributed by atoms with Gasteiger partial charge in [-0.25, -0.2) is 0 Å². The molecule has 0 spiro atoms. The highest BCUT2D eigenvalue weighted by molar-refractivity contribution is 14.0. The number of benzene rings is 1. The standard InChI is InChI=1S/C22H31N5.HI/c1-23-22(26-17-19-8-6-7-15-24-19)25-16-18-11-13-21(14-12-18)27(2)20-9-4-3-5-10-20;/h6-8,11-15,20H,3-5,9-10,16-17H2,1-2H3,(H2,23,25,26);1H. The van der Waals surface area contributed by atoms with Crippen LogP contribution in [-0.4, -0.2) is 31.1 Å². The number of rotatable bonds is 6. The zero-order valence-corrected chi connectivity index (χ0v) is 19.2. The number of halogens is 1. The summed E-state index contributed by atoms with van der Waals surface area (Å²) < 4.78 is 0. The molecule has 0 bridgehead atoms. The van der Waals surface area contributed by atoms with Crippen LogP contribution in [-0.2, 0) is 13.1 Å². The van der Waals surface area contributed by atoms with Gasteiger partial charge in [-0.2, -0.15) is 0 Å². The molecule has 152 valence electrons. The fourth-order valence-corrected chi connectivity index (χ4v) is 3.61. The second kappa shape index (κ2) is 11.9. The number of aromatic nitrogens is 1. The van der Waals surface area contributed by atoms with Crippen molar-refractivity contribution in [3.8, 4) is 0 Å². The Balaban J connectivity index is 0.00000280. The SMILES string of the molecule is CN=C(NCc1ccc(N(C)C2CCCCC2)cc1)NCc1ccccn1.I. The molecule has 5 nitrogen and oxygen atoms in total. The molecule has 0 unspecified atom stereocenters. The molecule has 1 aromatic carbocycles. The molecule has 2 N–H and O–H groups in total. The van der Waals surface area contributed by atoms with E-state index in [1.165, 1.54) is 43.4 Å². The highest BCUT2D eigenvalue weighted by Gasteiger charge is 2.18. The van der Waals surface area contributed by atoms with Crippen LogP contribution in [0.3, 0.4) is 0 Å². The van der Waals surface area contributed by atoms with Crippen molar-refractivity contribution in [2.24, 2.45) is 4.99 Å². The van der Waals surface area contributed by atoms with Gasteiger partial charge in [0.1, 0.15) is 0 Å². The zero-order chi connectivity index (χ0) is 18.9. The largest absolute Gasteiger partial charge is 0.372 e. The van der Waals surface area contributed by atoms with Gasteiger partial charge in [0.15, 0.2) is 5.96 Å².